The van der Waals surface area contributed by atoms with Crippen molar-refractivity contribution >= 4 is 0 Å². The molecule has 0 unspecified atom stereocenters. The maximum atomic E-state index is 14.1. The number of ether oxygens (including phenoxy) is 2. The number of halogens is 1. The minimum Gasteiger partial charge on any atom is -0.493 e. The zero-order valence-electron chi connectivity index (χ0n) is 10.8. The van der Waals surface area contributed by atoms with Gasteiger partial charge in [0.05, 0.1) is 14.2 Å². The summed E-state index contributed by atoms with van der Waals surface area (Å²) in [6, 6.07) is 3.48. The van der Waals surface area contributed by atoms with E-state index in [9.17, 15) is 4.39 Å². The lowest BCUT2D eigenvalue weighted by Crippen LogP contribution is -2.15. The molecule has 0 amide bonds. The second-order valence-electron chi connectivity index (χ2n) is 4.38. The quantitative estimate of drug-likeness (QED) is 0.861. The van der Waals surface area contributed by atoms with Crippen LogP contribution in [-0.4, -0.2) is 20.8 Å². The van der Waals surface area contributed by atoms with Crippen LogP contribution in [0.3, 0.4) is 0 Å². The SMILES string of the molecule is COc1cc(CCN)c(C(C)(C)F)cc1OC. The lowest BCUT2D eigenvalue weighted by atomic mass is 9.92. The molecule has 3 nitrogen and oxygen atoms in total. The number of alkyl halides is 1. The average molecular weight is 241 g/mol. The van der Waals surface area contributed by atoms with Gasteiger partial charge in [0, 0.05) is 0 Å². The third-order valence-corrected chi connectivity index (χ3v) is 2.66. The lowest BCUT2D eigenvalue weighted by molar-refractivity contribution is 0.218. The molecule has 0 saturated carbocycles. The zero-order chi connectivity index (χ0) is 13.1. The van der Waals surface area contributed by atoms with Crippen molar-refractivity contribution < 1.29 is 13.9 Å². The Bertz CT molecular complexity index is 386. The van der Waals surface area contributed by atoms with Gasteiger partial charge < -0.3 is 15.2 Å². The second kappa shape index (κ2) is 5.36. The summed E-state index contributed by atoms with van der Waals surface area (Å²) < 4.78 is 24.5. The van der Waals surface area contributed by atoms with Crippen molar-refractivity contribution in [2.45, 2.75) is 25.9 Å². The molecule has 4 heteroatoms. The number of nitrogens with two attached hydrogens (primary N) is 1. The van der Waals surface area contributed by atoms with Crippen molar-refractivity contribution in [1.82, 2.24) is 0 Å². The van der Waals surface area contributed by atoms with Crippen LogP contribution in [0.5, 0.6) is 11.5 Å². The maximum Gasteiger partial charge on any atom is 0.161 e. The van der Waals surface area contributed by atoms with Crippen LogP contribution >= 0.6 is 0 Å². The summed E-state index contributed by atoms with van der Waals surface area (Å²) in [5.41, 5.74) is 5.57. The number of hydrogen-bond donors (Lipinski definition) is 1. The van der Waals surface area contributed by atoms with Crippen LogP contribution in [0.2, 0.25) is 0 Å². The van der Waals surface area contributed by atoms with Gasteiger partial charge in [0.2, 0.25) is 0 Å². The molecule has 0 aliphatic heterocycles. The maximum absolute atomic E-state index is 14.1. The normalized spacial score (nSPS) is 11.4. The van der Waals surface area contributed by atoms with Gasteiger partial charge in [-0.05, 0) is 50.1 Å². The Morgan fingerprint density at radius 3 is 2.12 bits per heavy atom. The smallest absolute Gasteiger partial charge is 0.161 e. The van der Waals surface area contributed by atoms with Gasteiger partial charge >= 0.3 is 0 Å². The van der Waals surface area contributed by atoms with E-state index >= 15 is 0 Å². The summed E-state index contributed by atoms with van der Waals surface area (Å²) in [5.74, 6) is 1.14. The van der Waals surface area contributed by atoms with E-state index < -0.39 is 5.67 Å². The third kappa shape index (κ3) is 3.09. The summed E-state index contributed by atoms with van der Waals surface area (Å²) in [4.78, 5) is 0. The van der Waals surface area contributed by atoms with Gasteiger partial charge in [0.25, 0.3) is 0 Å². The third-order valence-electron chi connectivity index (χ3n) is 2.66. The van der Waals surface area contributed by atoms with E-state index in [4.69, 9.17) is 15.2 Å². The Morgan fingerprint density at radius 2 is 1.71 bits per heavy atom. The number of benzene rings is 1. The molecule has 0 aliphatic carbocycles. The minimum absolute atomic E-state index is 0.471. The first kappa shape index (κ1) is 13.8. The fourth-order valence-corrected chi connectivity index (χ4v) is 1.84. The molecule has 0 radical (unpaired) electrons. The van der Waals surface area contributed by atoms with Crippen LogP contribution in [0, 0.1) is 0 Å². The highest BCUT2D eigenvalue weighted by Crippen LogP contribution is 2.37. The fraction of sp³-hybridized carbons (Fsp3) is 0.538. The molecule has 0 heterocycles. The van der Waals surface area contributed by atoms with Crippen LogP contribution in [0.1, 0.15) is 25.0 Å². The first-order valence-corrected chi connectivity index (χ1v) is 5.58. The average Bonchev–Trinajstić information content (AvgIpc) is 2.27. The van der Waals surface area contributed by atoms with Crippen molar-refractivity contribution in [2.75, 3.05) is 20.8 Å². The molecular formula is C13H20FNO2. The fourth-order valence-electron chi connectivity index (χ4n) is 1.84. The van der Waals surface area contributed by atoms with E-state index in [0.717, 1.165) is 5.56 Å². The standard InChI is InChI=1S/C13H20FNO2/c1-13(2,14)10-8-12(17-4)11(16-3)7-9(10)5-6-15/h7-8H,5-6,15H2,1-4H3. The van der Waals surface area contributed by atoms with Crippen molar-refractivity contribution in [3.63, 3.8) is 0 Å². The van der Waals surface area contributed by atoms with E-state index in [2.05, 4.69) is 0 Å². The number of rotatable bonds is 5. The van der Waals surface area contributed by atoms with E-state index in [-0.39, 0.29) is 0 Å². The molecule has 2 N–H and O–H groups in total. The summed E-state index contributed by atoms with van der Waals surface area (Å²) in [6.07, 6.45) is 0.614. The Balaban J connectivity index is 3.35. The summed E-state index contributed by atoms with van der Waals surface area (Å²) in [7, 11) is 3.10. The largest absolute Gasteiger partial charge is 0.493 e. The highest BCUT2D eigenvalue weighted by molar-refractivity contribution is 5.49. The summed E-state index contributed by atoms with van der Waals surface area (Å²) >= 11 is 0. The van der Waals surface area contributed by atoms with Gasteiger partial charge in [-0.2, -0.15) is 0 Å². The predicted octanol–water partition coefficient (Wildman–Crippen LogP) is 2.41. The van der Waals surface area contributed by atoms with Gasteiger partial charge in [-0.15, -0.1) is 0 Å². The van der Waals surface area contributed by atoms with Crippen LogP contribution < -0.4 is 15.2 Å². The molecule has 1 aromatic carbocycles. The van der Waals surface area contributed by atoms with Crippen LogP contribution in [0.15, 0.2) is 12.1 Å². The Kier molecular flexibility index (Phi) is 4.34. The molecule has 0 bridgehead atoms. The van der Waals surface area contributed by atoms with E-state index in [0.29, 0.717) is 30.0 Å². The number of hydrogen-bond acceptors (Lipinski definition) is 3. The van der Waals surface area contributed by atoms with Crippen molar-refractivity contribution in [2.24, 2.45) is 5.73 Å². The topological polar surface area (TPSA) is 44.5 Å². The Labute approximate surface area is 102 Å². The second-order valence-corrected chi connectivity index (χ2v) is 4.38. The van der Waals surface area contributed by atoms with Crippen molar-refractivity contribution in [1.29, 1.82) is 0 Å². The van der Waals surface area contributed by atoms with Gasteiger partial charge in [0.15, 0.2) is 11.5 Å². The molecule has 0 saturated heterocycles. The zero-order valence-corrected chi connectivity index (χ0v) is 10.8. The van der Waals surface area contributed by atoms with Gasteiger partial charge in [-0.3, -0.25) is 0 Å². The van der Waals surface area contributed by atoms with Crippen LogP contribution in [-0.2, 0) is 12.1 Å². The molecule has 1 aromatic rings. The van der Waals surface area contributed by atoms with Gasteiger partial charge in [-0.1, -0.05) is 0 Å². The minimum atomic E-state index is -1.43. The van der Waals surface area contributed by atoms with E-state index in [1.54, 1.807) is 19.2 Å². The first-order chi connectivity index (χ1) is 7.93. The van der Waals surface area contributed by atoms with Crippen LogP contribution in [0.4, 0.5) is 4.39 Å². The molecule has 0 fully saturated rings. The molecule has 0 aromatic heterocycles. The van der Waals surface area contributed by atoms with E-state index in [1.807, 2.05) is 0 Å². The molecule has 0 atom stereocenters. The van der Waals surface area contributed by atoms with E-state index in [1.165, 1.54) is 21.0 Å². The predicted molar refractivity (Wildman–Crippen MR) is 66.4 cm³/mol. The molecule has 17 heavy (non-hydrogen) atoms. The van der Waals surface area contributed by atoms with Gasteiger partial charge in [-0.25, -0.2) is 4.39 Å². The summed E-state index contributed by atoms with van der Waals surface area (Å²) in [6.45, 7) is 3.51. The molecule has 96 valence electrons. The highest BCUT2D eigenvalue weighted by Gasteiger charge is 2.24. The number of methoxy groups -OCH3 is 2. The molecular weight excluding hydrogens is 221 g/mol. The van der Waals surface area contributed by atoms with Gasteiger partial charge in [0.1, 0.15) is 5.67 Å². The lowest BCUT2D eigenvalue weighted by Gasteiger charge is -2.21. The Hall–Kier alpha value is -1.29. The van der Waals surface area contributed by atoms with Crippen LogP contribution in [0.25, 0.3) is 0 Å². The van der Waals surface area contributed by atoms with Crippen molar-refractivity contribution in [3.8, 4) is 11.5 Å². The highest BCUT2D eigenvalue weighted by atomic mass is 19.1. The monoisotopic (exact) mass is 241 g/mol. The molecule has 0 spiro atoms. The van der Waals surface area contributed by atoms with Crippen molar-refractivity contribution in [3.05, 3.63) is 23.3 Å². The Morgan fingerprint density at radius 1 is 1.18 bits per heavy atom. The summed E-state index contributed by atoms with van der Waals surface area (Å²) in [5, 5.41) is 0. The molecule has 0 aliphatic rings. The molecule has 1 rings (SSSR count). The first-order valence-electron chi connectivity index (χ1n) is 5.58.